The molecule has 0 spiro atoms. The molecule has 1 aromatic heterocycles. The molecule has 0 aliphatic heterocycles. The molecule has 0 unspecified atom stereocenters. The zero-order valence-corrected chi connectivity index (χ0v) is 16.0. The van der Waals surface area contributed by atoms with Gasteiger partial charge in [0.2, 0.25) is 5.78 Å². The fraction of sp³-hybridized carbons (Fsp3) is 0.190. The normalized spacial score (nSPS) is 11.8. The first-order valence-electron chi connectivity index (χ1n) is 8.50. The van der Waals surface area contributed by atoms with Crippen LogP contribution in [0.25, 0.3) is 11.0 Å². The highest BCUT2D eigenvalue weighted by atomic mass is 35.5. The van der Waals surface area contributed by atoms with Crippen molar-refractivity contribution in [1.29, 1.82) is 0 Å². The van der Waals surface area contributed by atoms with Crippen molar-refractivity contribution in [3.8, 4) is 5.75 Å². The van der Waals surface area contributed by atoms with Gasteiger partial charge >= 0.3 is 11.6 Å². The molecule has 3 aromatic rings. The second-order valence-electron chi connectivity index (χ2n) is 6.20. The van der Waals surface area contributed by atoms with Crippen LogP contribution in [-0.4, -0.2) is 24.5 Å². The number of rotatable bonds is 6. The summed E-state index contributed by atoms with van der Waals surface area (Å²) in [4.78, 5) is 35.7. The minimum atomic E-state index is -0.963. The van der Waals surface area contributed by atoms with Crippen molar-refractivity contribution in [1.82, 2.24) is 0 Å². The molecule has 0 saturated heterocycles. The van der Waals surface area contributed by atoms with Crippen LogP contribution in [0.2, 0.25) is 5.02 Å². The molecule has 0 amide bonds. The zero-order chi connectivity index (χ0) is 20.3. The fourth-order valence-corrected chi connectivity index (χ4v) is 2.80. The molecule has 0 fully saturated rings. The third-order valence-electron chi connectivity index (χ3n) is 4.09. The number of carbonyl (C=O) groups is 2. The molecule has 0 aliphatic rings. The lowest BCUT2D eigenvalue weighted by atomic mass is 10.1. The van der Waals surface area contributed by atoms with Gasteiger partial charge in [0.15, 0.2) is 12.7 Å². The zero-order valence-electron chi connectivity index (χ0n) is 15.2. The van der Waals surface area contributed by atoms with Gasteiger partial charge in [-0.2, -0.15) is 0 Å². The lowest BCUT2D eigenvalue weighted by Crippen LogP contribution is -2.27. The van der Waals surface area contributed by atoms with E-state index in [2.05, 4.69) is 0 Å². The maximum Gasteiger partial charge on any atom is 0.344 e. The van der Waals surface area contributed by atoms with E-state index in [1.807, 2.05) is 0 Å². The van der Waals surface area contributed by atoms with Crippen LogP contribution in [0.5, 0.6) is 5.75 Å². The molecule has 1 heterocycles. The fourth-order valence-electron chi connectivity index (χ4n) is 2.67. The molecule has 7 heteroatoms. The van der Waals surface area contributed by atoms with Crippen molar-refractivity contribution in [2.24, 2.45) is 0 Å². The molecule has 0 radical (unpaired) electrons. The summed E-state index contributed by atoms with van der Waals surface area (Å²) < 4.78 is 15.7. The Bertz CT molecular complexity index is 1080. The summed E-state index contributed by atoms with van der Waals surface area (Å²) in [5.74, 6) is -0.691. The van der Waals surface area contributed by atoms with Gasteiger partial charge in [0, 0.05) is 28.1 Å². The van der Waals surface area contributed by atoms with E-state index < -0.39 is 17.7 Å². The number of hydrogen-bond donors (Lipinski definition) is 0. The Morgan fingerprint density at radius 2 is 1.82 bits per heavy atom. The summed E-state index contributed by atoms with van der Waals surface area (Å²) in [6.45, 7) is 2.90. The minimum Gasteiger partial charge on any atom is -0.482 e. The van der Waals surface area contributed by atoms with Crippen LogP contribution in [0, 0.1) is 6.92 Å². The highest BCUT2D eigenvalue weighted by molar-refractivity contribution is 6.30. The summed E-state index contributed by atoms with van der Waals surface area (Å²) in [5.41, 5.74) is 1.08. The second kappa shape index (κ2) is 8.27. The van der Waals surface area contributed by atoms with Gasteiger partial charge in [-0.05, 0) is 55.8 Å². The molecule has 28 heavy (non-hydrogen) atoms. The molecule has 6 nitrogen and oxygen atoms in total. The summed E-state index contributed by atoms with van der Waals surface area (Å²) in [6, 6.07) is 12.6. The van der Waals surface area contributed by atoms with E-state index in [1.54, 1.807) is 43.3 Å². The van der Waals surface area contributed by atoms with E-state index in [0.29, 0.717) is 21.9 Å². The highest BCUT2D eigenvalue weighted by Crippen LogP contribution is 2.22. The first kappa shape index (κ1) is 19.6. The molecule has 0 aliphatic carbocycles. The lowest BCUT2D eigenvalue weighted by molar-refractivity contribution is -0.148. The van der Waals surface area contributed by atoms with Crippen LogP contribution in [0.4, 0.5) is 0 Å². The lowest BCUT2D eigenvalue weighted by Gasteiger charge is -2.13. The summed E-state index contributed by atoms with van der Waals surface area (Å²) >= 11 is 5.80. The molecule has 144 valence electrons. The van der Waals surface area contributed by atoms with Crippen LogP contribution in [0.15, 0.2) is 57.7 Å². The van der Waals surface area contributed by atoms with Crippen molar-refractivity contribution in [2.75, 3.05) is 6.61 Å². The third kappa shape index (κ3) is 4.58. The van der Waals surface area contributed by atoms with E-state index in [9.17, 15) is 14.4 Å². The SMILES string of the molecule is Cc1cc(=O)oc2cc(OCC(=O)O[C@@H](C)C(=O)c3ccc(Cl)cc3)ccc12. The van der Waals surface area contributed by atoms with Gasteiger partial charge in [-0.1, -0.05) is 11.6 Å². The number of benzene rings is 2. The number of halogens is 1. The van der Waals surface area contributed by atoms with E-state index >= 15 is 0 Å². The number of aryl methyl sites for hydroxylation is 1. The molecule has 0 N–H and O–H groups in total. The van der Waals surface area contributed by atoms with Gasteiger partial charge in [-0.15, -0.1) is 0 Å². The monoisotopic (exact) mass is 400 g/mol. The Morgan fingerprint density at radius 1 is 1.11 bits per heavy atom. The number of ether oxygens (including phenoxy) is 2. The number of carbonyl (C=O) groups excluding carboxylic acids is 2. The van der Waals surface area contributed by atoms with Crippen molar-refractivity contribution in [3.05, 3.63) is 75.1 Å². The first-order chi connectivity index (χ1) is 13.3. The quantitative estimate of drug-likeness (QED) is 0.354. The molecular weight excluding hydrogens is 384 g/mol. The number of hydrogen-bond acceptors (Lipinski definition) is 6. The van der Waals surface area contributed by atoms with Crippen molar-refractivity contribution in [2.45, 2.75) is 20.0 Å². The molecular formula is C21H17ClO6. The van der Waals surface area contributed by atoms with Crippen LogP contribution in [0.3, 0.4) is 0 Å². The van der Waals surface area contributed by atoms with Crippen LogP contribution >= 0.6 is 11.6 Å². The number of ketones is 1. The smallest absolute Gasteiger partial charge is 0.344 e. The van der Waals surface area contributed by atoms with Gasteiger partial charge < -0.3 is 13.9 Å². The van der Waals surface area contributed by atoms with Crippen molar-refractivity contribution in [3.63, 3.8) is 0 Å². The Kier molecular flexibility index (Phi) is 5.80. The minimum absolute atomic E-state index is 0.340. The summed E-state index contributed by atoms with van der Waals surface area (Å²) in [6.07, 6.45) is -0.963. The summed E-state index contributed by atoms with van der Waals surface area (Å²) in [7, 11) is 0. The van der Waals surface area contributed by atoms with E-state index in [-0.39, 0.29) is 12.4 Å². The van der Waals surface area contributed by atoms with Crippen molar-refractivity contribution >= 4 is 34.3 Å². The molecule has 1 atom stereocenters. The van der Waals surface area contributed by atoms with E-state index in [4.69, 9.17) is 25.5 Å². The first-order valence-corrected chi connectivity index (χ1v) is 8.88. The Balaban J connectivity index is 1.60. The average Bonchev–Trinajstić information content (AvgIpc) is 2.66. The highest BCUT2D eigenvalue weighted by Gasteiger charge is 2.20. The van der Waals surface area contributed by atoms with Crippen LogP contribution in [-0.2, 0) is 9.53 Å². The predicted octanol–water partition coefficient (Wildman–Crippen LogP) is 3.95. The Labute approximate surface area is 165 Å². The number of fused-ring (bicyclic) bond motifs is 1. The number of esters is 1. The van der Waals surface area contributed by atoms with Gasteiger partial charge in [-0.3, -0.25) is 4.79 Å². The van der Waals surface area contributed by atoms with Crippen LogP contribution < -0.4 is 10.4 Å². The molecule has 2 aromatic carbocycles. The molecule has 0 saturated carbocycles. The Hall–Kier alpha value is -3.12. The second-order valence-corrected chi connectivity index (χ2v) is 6.63. The van der Waals surface area contributed by atoms with Gasteiger partial charge in [0.25, 0.3) is 0 Å². The standard InChI is InChI=1S/C21H17ClO6/c1-12-9-19(23)28-18-10-16(7-8-17(12)18)26-11-20(24)27-13(2)21(25)14-3-5-15(22)6-4-14/h3-10,13H,11H2,1-2H3/t13-/m0/s1. The van der Waals surface area contributed by atoms with Gasteiger partial charge in [0.1, 0.15) is 11.3 Å². The molecule has 3 rings (SSSR count). The van der Waals surface area contributed by atoms with Crippen molar-refractivity contribution < 1.29 is 23.5 Å². The van der Waals surface area contributed by atoms with Gasteiger partial charge in [0.05, 0.1) is 0 Å². The van der Waals surface area contributed by atoms with Crippen LogP contribution in [0.1, 0.15) is 22.8 Å². The molecule has 0 bridgehead atoms. The maximum atomic E-state index is 12.3. The Morgan fingerprint density at radius 3 is 2.54 bits per heavy atom. The predicted molar refractivity (Wildman–Crippen MR) is 104 cm³/mol. The topological polar surface area (TPSA) is 82.8 Å². The third-order valence-corrected chi connectivity index (χ3v) is 4.34. The van der Waals surface area contributed by atoms with E-state index in [0.717, 1.165) is 10.9 Å². The van der Waals surface area contributed by atoms with Gasteiger partial charge in [-0.25, -0.2) is 9.59 Å². The maximum absolute atomic E-state index is 12.3. The average molecular weight is 401 g/mol. The van der Waals surface area contributed by atoms with E-state index in [1.165, 1.54) is 19.1 Å². The largest absolute Gasteiger partial charge is 0.482 e. The summed E-state index contributed by atoms with van der Waals surface area (Å²) in [5, 5.41) is 1.28. The number of Topliss-reactive ketones (excluding diaryl/α,β-unsaturated/α-hetero) is 1.